The van der Waals surface area contributed by atoms with Crippen LogP contribution >= 0.6 is 11.8 Å². The lowest BCUT2D eigenvalue weighted by atomic mass is 9.95. The number of rotatable bonds is 3. The van der Waals surface area contributed by atoms with Gasteiger partial charge in [0.25, 0.3) is 5.91 Å². The molecule has 27 heavy (non-hydrogen) atoms. The predicted octanol–water partition coefficient (Wildman–Crippen LogP) is 1.79. The zero-order valence-electron chi connectivity index (χ0n) is 14.7. The summed E-state index contributed by atoms with van der Waals surface area (Å²) in [5.74, 6) is -2.20. The quantitative estimate of drug-likeness (QED) is 0.695. The molecule has 2 aromatic carbocycles. The van der Waals surface area contributed by atoms with Crippen LogP contribution in [-0.2, 0) is 9.59 Å². The number of hydrogen-bond acceptors (Lipinski definition) is 5. The van der Waals surface area contributed by atoms with Gasteiger partial charge in [-0.05, 0) is 30.7 Å². The molecule has 0 bridgehead atoms. The minimum Gasteiger partial charge on any atom is -0.507 e. The maximum atomic E-state index is 12.8. The van der Waals surface area contributed by atoms with Gasteiger partial charge in [-0.3, -0.25) is 9.59 Å². The number of nitrogens with zero attached hydrogens (tertiary/aromatic N) is 1. The van der Waals surface area contributed by atoms with E-state index < -0.39 is 40.0 Å². The van der Waals surface area contributed by atoms with Gasteiger partial charge in [0.05, 0.1) is 5.56 Å². The van der Waals surface area contributed by atoms with Crippen LogP contribution in [0.2, 0.25) is 0 Å². The van der Waals surface area contributed by atoms with Gasteiger partial charge < -0.3 is 20.4 Å². The van der Waals surface area contributed by atoms with E-state index in [1.54, 1.807) is 32.0 Å². The van der Waals surface area contributed by atoms with E-state index >= 15 is 0 Å². The van der Waals surface area contributed by atoms with Crippen molar-refractivity contribution in [1.82, 2.24) is 10.2 Å². The average Bonchev–Trinajstić information content (AvgIpc) is 2.87. The molecule has 2 aliphatic heterocycles. The van der Waals surface area contributed by atoms with Gasteiger partial charge in [0.2, 0.25) is 5.91 Å². The first-order chi connectivity index (χ1) is 12.7. The second-order valence-corrected chi connectivity index (χ2v) is 9.00. The number of β-lactam (4-membered cyclic amide) rings is 1. The molecule has 4 rings (SSSR count). The molecule has 140 valence electrons. The summed E-state index contributed by atoms with van der Waals surface area (Å²) in [6, 6.07) is 8.56. The van der Waals surface area contributed by atoms with Crippen molar-refractivity contribution in [3.63, 3.8) is 0 Å². The third-order valence-electron chi connectivity index (χ3n) is 5.10. The topological polar surface area (TPSA) is 107 Å². The molecule has 0 saturated carbocycles. The molecule has 8 heteroatoms. The SMILES string of the molecule is CC1(C)S[C@@H]2[C@H](NC(=O)c3c(O)ccc4ccccc34)C(=O)N2[C@H]1C(=O)O. The van der Waals surface area contributed by atoms with Crippen LogP contribution in [0.1, 0.15) is 24.2 Å². The van der Waals surface area contributed by atoms with Gasteiger partial charge >= 0.3 is 5.97 Å². The molecule has 2 saturated heterocycles. The Morgan fingerprint density at radius 3 is 2.59 bits per heavy atom. The van der Waals surface area contributed by atoms with Crippen molar-refractivity contribution in [2.24, 2.45) is 0 Å². The lowest BCUT2D eigenvalue weighted by Crippen LogP contribution is -2.70. The summed E-state index contributed by atoms with van der Waals surface area (Å²) < 4.78 is -0.660. The number of benzene rings is 2. The third kappa shape index (κ3) is 2.55. The minimum absolute atomic E-state index is 0.108. The number of fused-ring (bicyclic) bond motifs is 2. The standard InChI is InChI=1S/C19H18N2O5S/c1-19(2)14(18(25)26)21-16(24)13(17(21)27-19)20-15(23)12-10-6-4-3-5-9(10)7-8-11(12)22/h3-8,13-14,17,22H,1-2H3,(H,20,23)(H,25,26)/t13-,14+,17-/m1/s1. The van der Waals surface area contributed by atoms with E-state index in [9.17, 15) is 24.6 Å². The molecule has 7 nitrogen and oxygen atoms in total. The van der Waals surface area contributed by atoms with E-state index in [1.807, 2.05) is 12.1 Å². The van der Waals surface area contributed by atoms with Crippen molar-refractivity contribution in [1.29, 1.82) is 0 Å². The summed E-state index contributed by atoms with van der Waals surface area (Å²) in [7, 11) is 0. The Morgan fingerprint density at radius 1 is 1.19 bits per heavy atom. The minimum atomic E-state index is -1.06. The number of carboxylic acids is 1. The number of carbonyl (C=O) groups excluding carboxylic acids is 2. The number of phenolic OH excluding ortho intramolecular Hbond substituents is 1. The number of nitrogens with one attached hydrogen (secondary N) is 1. The molecule has 2 fully saturated rings. The lowest BCUT2D eigenvalue weighted by molar-refractivity contribution is -0.159. The summed E-state index contributed by atoms with van der Waals surface area (Å²) in [6.45, 7) is 3.55. The zero-order valence-corrected chi connectivity index (χ0v) is 15.5. The molecule has 2 heterocycles. The summed E-state index contributed by atoms with van der Waals surface area (Å²) >= 11 is 1.36. The van der Waals surface area contributed by atoms with Crippen LogP contribution in [0.25, 0.3) is 10.8 Å². The Morgan fingerprint density at radius 2 is 1.89 bits per heavy atom. The Kier molecular flexibility index (Phi) is 3.85. The molecule has 0 aliphatic carbocycles. The Balaban J connectivity index is 1.62. The number of phenols is 1. The summed E-state index contributed by atoms with van der Waals surface area (Å²) in [4.78, 5) is 38.2. The number of amides is 2. The van der Waals surface area contributed by atoms with Crippen molar-refractivity contribution in [2.75, 3.05) is 0 Å². The fraction of sp³-hybridized carbons (Fsp3) is 0.316. The lowest BCUT2D eigenvalue weighted by Gasteiger charge is -2.43. The molecular weight excluding hydrogens is 368 g/mol. The number of aromatic hydroxyl groups is 1. The summed E-state index contributed by atoms with van der Waals surface area (Å²) in [5, 5.41) is 23.3. The fourth-order valence-corrected chi connectivity index (χ4v) is 5.48. The van der Waals surface area contributed by atoms with Gasteiger partial charge in [0.1, 0.15) is 23.2 Å². The van der Waals surface area contributed by atoms with Crippen molar-refractivity contribution in [3.8, 4) is 5.75 Å². The second-order valence-electron chi connectivity index (χ2n) is 7.23. The van der Waals surface area contributed by atoms with Crippen molar-refractivity contribution in [3.05, 3.63) is 42.0 Å². The number of carboxylic acid groups (broad SMARTS) is 1. The smallest absolute Gasteiger partial charge is 0.327 e. The highest BCUT2D eigenvalue weighted by Gasteiger charge is 2.64. The molecule has 0 aromatic heterocycles. The van der Waals surface area contributed by atoms with Crippen LogP contribution in [-0.4, -0.2) is 55.1 Å². The monoisotopic (exact) mass is 386 g/mol. The van der Waals surface area contributed by atoms with Gasteiger partial charge in [-0.15, -0.1) is 11.8 Å². The Hall–Kier alpha value is -2.74. The normalized spacial score (nSPS) is 25.8. The molecule has 3 N–H and O–H groups in total. The first-order valence-corrected chi connectivity index (χ1v) is 9.35. The van der Waals surface area contributed by atoms with Crippen molar-refractivity contribution < 1.29 is 24.6 Å². The van der Waals surface area contributed by atoms with Crippen LogP contribution in [0.5, 0.6) is 5.75 Å². The molecule has 2 aromatic rings. The Bertz CT molecular complexity index is 989. The van der Waals surface area contributed by atoms with Crippen LogP contribution in [0, 0.1) is 0 Å². The third-order valence-corrected chi connectivity index (χ3v) is 6.67. The average molecular weight is 386 g/mol. The fourth-order valence-electron chi connectivity index (χ4n) is 3.86. The van der Waals surface area contributed by atoms with E-state index in [0.717, 1.165) is 5.39 Å². The number of hydrogen-bond donors (Lipinski definition) is 3. The van der Waals surface area contributed by atoms with E-state index in [-0.39, 0.29) is 11.3 Å². The van der Waals surface area contributed by atoms with E-state index in [2.05, 4.69) is 5.32 Å². The van der Waals surface area contributed by atoms with Crippen LogP contribution < -0.4 is 5.32 Å². The maximum absolute atomic E-state index is 12.8. The van der Waals surface area contributed by atoms with Gasteiger partial charge in [-0.25, -0.2) is 4.79 Å². The highest BCUT2D eigenvalue weighted by Crippen LogP contribution is 2.50. The van der Waals surface area contributed by atoms with Crippen molar-refractivity contribution in [2.45, 2.75) is 36.1 Å². The van der Waals surface area contributed by atoms with Crippen LogP contribution in [0.15, 0.2) is 36.4 Å². The maximum Gasteiger partial charge on any atom is 0.327 e. The van der Waals surface area contributed by atoms with E-state index in [1.165, 1.54) is 22.7 Å². The molecule has 2 amide bonds. The first-order valence-electron chi connectivity index (χ1n) is 8.47. The molecule has 2 aliphatic rings. The largest absolute Gasteiger partial charge is 0.507 e. The van der Waals surface area contributed by atoms with Gasteiger partial charge in [-0.2, -0.15) is 0 Å². The number of aliphatic carboxylic acids is 1. The van der Waals surface area contributed by atoms with Crippen molar-refractivity contribution >= 4 is 40.3 Å². The highest BCUT2D eigenvalue weighted by atomic mass is 32.2. The summed E-state index contributed by atoms with van der Waals surface area (Å²) in [6.07, 6.45) is 0. The van der Waals surface area contributed by atoms with E-state index in [4.69, 9.17) is 0 Å². The zero-order chi connectivity index (χ0) is 19.5. The predicted molar refractivity (Wildman–Crippen MR) is 101 cm³/mol. The van der Waals surface area contributed by atoms with Gasteiger partial charge in [-0.1, -0.05) is 30.3 Å². The molecule has 0 spiro atoms. The van der Waals surface area contributed by atoms with E-state index in [0.29, 0.717) is 5.39 Å². The highest BCUT2D eigenvalue weighted by molar-refractivity contribution is 8.01. The number of thioether (sulfide) groups is 1. The summed E-state index contributed by atoms with van der Waals surface area (Å²) in [5.41, 5.74) is 0.108. The second kappa shape index (κ2) is 5.88. The van der Waals surface area contributed by atoms with Crippen LogP contribution in [0.4, 0.5) is 0 Å². The molecule has 0 radical (unpaired) electrons. The number of carbonyl (C=O) groups is 3. The molecular formula is C19H18N2O5S. The molecule has 0 unspecified atom stereocenters. The van der Waals surface area contributed by atoms with Crippen LogP contribution in [0.3, 0.4) is 0 Å². The molecule has 3 atom stereocenters. The first kappa shape index (κ1) is 17.7. The van der Waals surface area contributed by atoms with Gasteiger partial charge in [0.15, 0.2) is 0 Å². The Labute approximate surface area is 159 Å². The van der Waals surface area contributed by atoms with Gasteiger partial charge in [0, 0.05) is 4.75 Å².